The van der Waals surface area contributed by atoms with E-state index in [2.05, 4.69) is 90.0 Å². The van der Waals surface area contributed by atoms with Crippen molar-refractivity contribution in [1.29, 1.82) is 0 Å². The predicted octanol–water partition coefficient (Wildman–Crippen LogP) is 9.67. The van der Waals surface area contributed by atoms with E-state index >= 15 is 0 Å². The fourth-order valence-electron chi connectivity index (χ4n) is 5.47. The lowest BCUT2D eigenvalue weighted by Crippen LogP contribution is -2.30. The number of hydrogen-bond donors (Lipinski definition) is 1. The van der Waals surface area contributed by atoms with Gasteiger partial charge in [0.1, 0.15) is 0 Å². The van der Waals surface area contributed by atoms with Crippen LogP contribution in [-0.2, 0) is 4.84 Å². The highest BCUT2D eigenvalue weighted by molar-refractivity contribution is 4.83. The van der Waals surface area contributed by atoms with Gasteiger partial charge < -0.3 is 4.84 Å². The quantitative estimate of drug-likeness (QED) is 0.282. The van der Waals surface area contributed by atoms with Gasteiger partial charge in [0.05, 0.1) is 6.61 Å². The molecule has 2 nitrogen and oxygen atoms in total. The van der Waals surface area contributed by atoms with Crippen molar-refractivity contribution in [3.05, 3.63) is 0 Å². The molecule has 0 saturated carbocycles. The molecule has 4 atom stereocenters. The van der Waals surface area contributed by atoms with Crippen LogP contribution in [0.2, 0.25) is 0 Å². The zero-order valence-electron chi connectivity index (χ0n) is 24.7. The third-order valence-corrected chi connectivity index (χ3v) is 8.42. The average molecular weight is 454 g/mol. The van der Waals surface area contributed by atoms with E-state index in [4.69, 9.17) is 10.7 Å². The molecular formula is C30H63NO. The van der Waals surface area contributed by atoms with Crippen LogP contribution in [0.5, 0.6) is 0 Å². The van der Waals surface area contributed by atoms with Gasteiger partial charge in [-0.05, 0) is 83.9 Å². The summed E-state index contributed by atoms with van der Waals surface area (Å²) in [6.07, 6.45) is 10.6. The molecule has 0 aliphatic rings. The maximum atomic E-state index is 5.47. The highest BCUT2D eigenvalue weighted by Gasteiger charge is 2.33. The summed E-state index contributed by atoms with van der Waals surface area (Å²) in [7, 11) is 0. The van der Waals surface area contributed by atoms with Gasteiger partial charge in [-0.2, -0.15) is 0 Å². The molecule has 32 heavy (non-hydrogen) atoms. The van der Waals surface area contributed by atoms with Crippen LogP contribution >= 0.6 is 0 Å². The van der Waals surface area contributed by atoms with Gasteiger partial charge in [0, 0.05) is 0 Å². The molecule has 0 heterocycles. The minimum atomic E-state index is 0.233. The van der Waals surface area contributed by atoms with E-state index in [1.807, 2.05) is 0 Å². The summed E-state index contributed by atoms with van der Waals surface area (Å²) in [5.74, 6) is 8.35. The SMILES string of the molecule is CCCC(CCC(CCC(CCC(CON)C(C)(C)C)C(C)(C)C)C(C)(C)C)C(C)(C)C. The second-order valence-corrected chi connectivity index (χ2v) is 15.1. The van der Waals surface area contributed by atoms with Crippen LogP contribution in [-0.4, -0.2) is 6.61 Å². The maximum absolute atomic E-state index is 5.47. The summed E-state index contributed by atoms with van der Waals surface area (Å²) in [5.41, 5.74) is 1.36. The Morgan fingerprint density at radius 3 is 0.938 bits per heavy atom. The first-order valence-electron chi connectivity index (χ1n) is 13.7. The second kappa shape index (κ2) is 13.1. The summed E-state index contributed by atoms with van der Waals surface area (Å²) in [6.45, 7) is 32.0. The summed E-state index contributed by atoms with van der Waals surface area (Å²) in [5, 5.41) is 0. The summed E-state index contributed by atoms with van der Waals surface area (Å²) >= 11 is 0. The number of rotatable bonds is 13. The zero-order chi connectivity index (χ0) is 25.4. The van der Waals surface area contributed by atoms with Gasteiger partial charge in [0.2, 0.25) is 0 Å². The second-order valence-electron chi connectivity index (χ2n) is 15.1. The van der Waals surface area contributed by atoms with Crippen molar-refractivity contribution in [1.82, 2.24) is 0 Å². The molecule has 194 valence electrons. The predicted molar refractivity (Wildman–Crippen MR) is 145 cm³/mol. The highest BCUT2D eigenvalue weighted by atomic mass is 16.6. The molecule has 0 aromatic carbocycles. The van der Waals surface area contributed by atoms with E-state index in [-0.39, 0.29) is 5.41 Å². The molecule has 0 spiro atoms. The monoisotopic (exact) mass is 453 g/mol. The van der Waals surface area contributed by atoms with Crippen molar-refractivity contribution in [3.63, 3.8) is 0 Å². The van der Waals surface area contributed by atoms with Crippen molar-refractivity contribution < 1.29 is 4.84 Å². The van der Waals surface area contributed by atoms with Crippen molar-refractivity contribution in [3.8, 4) is 0 Å². The van der Waals surface area contributed by atoms with E-state index in [1.54, 1.807) is 0 Å². The lowest BCUT2D eigenvalue weighted by atomic mass is 9.67. The smallest absolute Gasteiger partial charge is 0.0712 e. The van der Waals surface area contributed by atoms with Gasteiger partial charge in [0.15, 0.2) is 0 Å². The van der Waals surface area contributed by atoms with Crippen LogP contribution in [0, 0.1) is 45.3 Å². The largest absolute Gasteiger partial charge is 0.304 e. The molecule has 0 aliphatic heterocycles. The first-order valence-corrected chi connectivity index (χ1v) is 13.7. The van der Waals surface area contributed by atoms with E-state index in [0.29, 0.717) is 28.8 Å². The lowest BCUT2D eigenvalue weighted by Gasteiger charge is -2.39. The third-order valence-electron chi connectivity index (χ3n) is 8.42. The Morgan fingerprint density at radius 2 is 0.719 bits per heavy atom. The molecule has 0 aromatic rings. The zero-order valence-corrected chi connectivity index (χ0v) is 24.7. The van der Waals surface area contributed by atoms with Crippen LogP contribution in [0.25, 0.3) is 0 Å². The fourth-order valence-corrected chi connectivity index (χ4v) is 5.47. The molecule has 0 radical (unpaired) electrons. The lowest BCUT2D eigenvalue weighted by molar-refractivity contribution is 0.0421. The molecule has 0 fully saturated rings. The van der Waals surface area contributed by atoms with Crippen LogP contribution < -0.4 is 5.90 Å². The van der Waals surface area contributed by atoms with Crippen molar-refractivity contribution in [2.45, 2.75) is 141 Å². The molecule has 0 saturated heterocycles. The van der Waals surface area contributed by atoms with E-state index in [0.717, 1.165) is 17.8 Å². The molecule has 2 heteroatoms. The molecule has 0 bridgehead atoms. The summed E-state index contributed by atoms with van der Waals surface area (Å²) < 4.78 is 0. The van der Waals surface area contributed by atoms with Crippen molar-refractivity contribution in [2.24, 2.45) is 51.2 Å². The highest BCUT2D eigenvalue weighted by Crippen LogP contribution is 2.43. The normalized spacial score (nSPS) is 17.8. The Bertz CT molecular complexity index is 437. The van der Waals surface area contributed by atoms with Gasteiger partial charge in [-0.15, -0.1) is 0 Å². The van der Waals surface area contributed by atoms with Gasteiger partial charge in [-0.1, -0.05) is 103 Å². The first kappa shape index (κ1) is 31.9. The molecular weight excluding hydrogens is 390 g/mol. The topological polar surface area (TPSA) is 35.2 Å². The molecule has 0 rings (SSSR count). The Kier molecular flexibility index (Phi) is 13.1. The molecule has 2 N–H and O–H groups in total. The van der Waals surface area contributed by atoms with Gasteiger partial charge in [-0.25, -0.2) is 5.90 Å². The fraction of sp³-hybridized carbons (Fsp3) is 1.00. The molecule has 0 amide bonds. The van der Waals surface area contributed by atoms with Crippen LogP contribution in [0.3, 0.4) is 0 Å². The standard InChI is InChI=1S/C30H63NO/c1-14-15-23(27(2,3)4)16-17-24(28(5,6)7)18-19-25(29(8,9)10)20-21-26(22-32-31)30(11,12)13/h23-26H,14-22,31H2,1-13H3. The Labute approximate surface area is 204 Å². The van der Waals surface area contributed by atoms with Crippen LogP contribution in [0.15, 0.2) is 0 Å². The minimum Gasteiger partial charge on any atom is -0.304 e. The molecule has 4 unspecified atom stereocenters. The Balaban J connectivity index is 5.24. The number of nitrogens with two attached hydrogens (primary N) is 1. The third kappa shape index (κ3) is 12.4. The van der Waals surface area contributed by atoms with E-state index < -0.39 is 0 Å². The van der Waals surface area contributed by atoms with Crippen molar-refractivity contribution >= 4 is 0 Å². The minimum absolute atomic E-state index is 0.233. The maximum Gasteiger partial charge on any atom is 0.0712 e. The molecule has 0 aromatic heterocycles. The van der Waals surface area contributed by atoms with Gasteiger partial charge in [-0.3, -0.25) is 0 Å². The van der Waals surface area contributed by atoms with Crippen LogP contribution in [0.4, 0.5) is 0 Å². The summed E-state index contributed by atoms with van der Waals surface area (Å²) in [6, 6.07) is 0. The van der Waals surface area contributed by atoms with E-state index in [1.165, 1.54) is 51.4 Å². The first-order chi connectivity index (χ1) is 14.3. The van der Waals surface area contributed by atoms with Gasteiger partial charge >= 0.3 is 0 Å². The average Bonchev–Trinajstić information content (AvgIpc) is 2.57. The Hall–Kier alpha value is -0.0800. The number of hydrogen-bond acceptors (Lipinski definition) is 2. The summed E-state index contributed by atoms with van der Waals surface area (Å²) in [4.78, 5) is 5.09. The van der Waals surface area contributed by atoms with Crippen LogP contribution in [0.1, 0.15) is 141 Å². The Morgan fingerprint density at radius 1 is 0.469 bits per heavy atom. The van der Waals surface area contributed by atoms with Gasteiger partial charge in [0.25, 0.3) is 0 Å². The van der Waals surface area contributed by atoms with E-state index in [9.17, 15) is 0 Å². The van der Waals surface area contributed by atoms with Crippen molar-refractivity contribution in [2.75, 3.05) is 6.61 Å². The molecule has 0 aliphatic carbocycles.